The number of Topliss-reactive ketones (excluding diaryl/α,β-unsaturated/α-hetero) is 2. The van der Waals surface area contributed by atoms with E-state index in [1.807, 2.05) is 55.7 Å². The van der Waals surface area contributed by atoms with Crippen molar-refractivity contribution in [2.45, 2.75) is 31.8 Å². The maximum atomic E-state index is 13.1. The van der Waals surface area contributed by atoms with E-state index >= 15 is 0 Å². The molecule has 5 rings (SSSR count). The molecule has 0 unspecified atom stereocenters. The van der Waals surface area contributed by atoms with Gasteiger partial charge < -0.3 is 19.3 Å². The molecule has 1 N–H and O–H groups in total. The highest BCUT2D eigenvalue weighted by Gasteiger charge is 2.21. The molecule has 2 heterocycles. The summed E-state index contributed by atoms with van der Waals surface area (Å²) in [6, 6.07) is 23.4. The van der Waals surface area contributed by atoms with Crippen LogP contribution in [0.1, 0.15) is 60.7 Å². The highest BCUT2D eigenvalue weighted by molar-refractivity contribution is 6.09. The third-order valence-electron chi connectivity index (χ3n) is 7.70. The van der Waals surface area contributed by atoms with Crippen LogP contribution < -0.4 is 9.64 Å². The van der Waals surface area contributed by atoms with Gasteiger partial charge in [-0.3, -0.25) is 14.4 Å². The highest BCUT2D eigenvalue weighted by Crippen LogP contribution is 2.32. The molecule has 0 amide bonds. The predicted molar refractivity (Wildman–Crippen MR) is 158 cm³/mol. The molecule has 7 nitrogen and oxygen atoms in total. The zero-order valence-corrected chi connectivity index (χ0v) is 23.4. The first-order chi connectivity index (χ1) is 19.8. The van der Waals surface area contributed by atoms with Crippen LogP contribution in [-0.2, 0) is 19.9 Å². The van der Waals surface area contributed by atoms with Crippen LogP contribution >= 0.6 is 0 Å². The first-order valence-corrected chi connectivity index (χ1v) is 13.8. The fourth-order valence-electron chi connectivity index (χ4n) is 5.25. The first kappa shape index (κ1) is 28.1. The van der Waals surface area contributed by atoms with Crippen molar-refractivity contribution in [3.63, 3.8) is 0 Å². The Hall–Kier alpha value is -4.49. The lowest BCUT2D eigenvalue weighted by Crippen LogP contribution is -2.36. The molecule has 0 radical (unpaired) electrons. The Balaban J connectivity index is 1.20. The average molecular weight is 551 g/mol. The zero-order valence-electron chi connectivity index (χ0n) is 23.4. The molecule has 4 aromatic rings. The topological polar surface area (TPSA) is 88.8 Å². The van der Waals surface area contributed by atoms with Crippen molar-refractivity contribution in [3.05, 3.63) is 119 Å². The summed E-state index contributed by atoms with van der Waals surface area (Å²) >= 11 is 0. The van der Waals surface area contributed by atoms with Crippen LogP contribution in [0.5, 0.6) is 5.75 Å². The Morgan fingerprint density at radius 3 is 1.90 bits per heavy atom. The molecule has 0 saturated carbocycles. The zero-order chi connectivity index (χ0) is 28.9. The van der Waals surface area contributed by atoms with Gasteiger partial charge in [-0.1, -0.05) is 48.5 Å². The van der Waals surface area contributed by atoms with E-state index in [1.54, 1.807) is 48.1 Å². The van der Waals surface area contributed by atoms with Gasteiger partial charge in [-0.25, -0.2) is 0 Å². The number of aliphatic hydroxyl groups excluding tert-OH is 1. The summed E-state index contributed by atoms with van der Waals surface area (Å²) in [5, 5.41) is 9.80. The van der Waals surface area contributed by atoms with E-state index in [9.17, 15) is 19.5 Å². The minimum Gasteiger partial charge on any atom is -0.495 e. The molecule has 1 fully saturated rings. The highest BCUT2D eigenvalue weighted by atomic mass is 16.5. The maximum Gasteiger partial charge on any atom is 0.193 e. The summed E-state index contributed by atoms with van der Waals surface area (Å²) < 4.78 is 7.39. The average Bonchev–Trinajstić information content (AvgIpc) is 3.43. The Morgan fingerprint density at radius 2 is 1.37 bits per heavy atom. The van der Waals surface area contributed by atoms with E-state index in [2.05, 4.69) is 4.90 Å². The summed E-state index contributed by atoms with van der Waals surface area (Å²) in [7, 11) is 3.44. The molecule has 0 bridgehead atoms. The van der Waals surface area contributed by atoms with E-state index < -0.39 is 0 Å². The molecule has 41 heavy (non-hydrogen) atoms. The number of ether oxygens (including phenoxy) is 1. The molecule has 1 saturated heterocycles. The standard InChI is InChI=1S/C34H34N2O5/c1-35-17-3-4-29(35)32(39)21-24-7-11-26(12-8-24)34(40)25-9-5-23(6-10-25)20-31(38)27-13-14-30(33(22-27)41-2)36-18-15-28(37)16-19-36/h3-14,17,22,28,37H,15-16,18-21H2,1-2H3. The number of ketones is 3. The van der Waals surface area contributed by atoms with Crippen LogP contribution in [0.4, 0.5) is 5.69 Å². The van der Waals surface area contributed by atoms with E-state index in [1.165, 1.54) is 0 Å². The Kier molecular flexibility index (Phi) is 8.45. The first-order valence-electron chi connectivity index (χ1n) is 13.8. The molecule has 3 aromatic carbocycles. The molecule has 0 spiro atoms. The number of hydrogen-bond acceptors (Lipinski definition) is 6. The number of hydrogen-bond donors (Lipinski definition) is 1. The van der Waals surface area contributed by atoms with Crippen LogP contribution in [0.3, 0.4) is 0 Å². The number of aryl methyl sites for hydroxylation is 1. The Labute approximate surface area is 240 Å². The Bertz CT molecular complexity index is 1540. The van der Waals surface area contributed by atoms with Gasteiger partial charge in [-0.15, -0.1) is 0 Å². The van der Waals surface area contributed by atoms with Crippen molar-refractivity contribution in [3.8, 4) is 5.75 Å². The fourth-order valence-corrected chi connectivity index (χ4v) is 5.25. The van der Waals surface area contributed by atoms with Crippen molar-refractivity contribution >= 4 is 23.0 Å². The number of aliphatic hydroxyl groups is 1. The molecular weight excluding hydrogens is 516 g/mol. The molecule has 1 aromatic heterocycles. The number of aromatic nitrogens is 1. The normalized spacial score (nSPS) is 13.7. The largest absolute Gasteiger partial charge is 0.495 e. The molecule has 0 atom stereocenters. The minimum absolute atomic E-state index is 0.0267. The van der Waals surface area contributed by atoms with Gasteiger partial charge in [0.1, 0.15) is 5.75 Å². The lowest BCUT2D eigenvalue weighted by atomic mass is 9.97. The van der Waals surface area contributed by atoms with Crippen LogP contribution in [0.2, 0.25) is 0 Å². The van der Waals surface area contributed by atoms with Gasteiger partial charge in [0, 0.05) is 55.9 Å². The summed E-state index contributed by atoms with van der Waals surface area (Å²) in [5.74, 6) is 0.514. The van der Waals surface area contributed by atoms with E-state index in [0.717, 1.165) is 29.9 Å². The molecule has 210 valence electrons. The number of anilines is 1. The molecule has 0 aliphatic carbocycles. The van der Waals surface area contributed by atoms with Gasteiger partial charge in [0.15, 0.2) is 17.3 Å². The number of benzene rings is 3. The minimum atomic E-state index is -0.262. The third kappa shape index (κ3) is 6.47. The van der Waals surface area contributed by atoms with Gasteiger partial charge in [0.2, 0.25) is 0 Å². The van der Waals surface area contributed by atoms with E-state index in [0.29, 0.717) is 41.0 Å². The summed E-state index contributed by atoms with van der Waals surface area (Å²) in [5.41, 5.74) is 4.88. The molecule has 1 aliphatic rings. The number of piperidine rings is 1. The van der Waals surface area contributed by atoms with Crippen molar-refractivity contribution in [2.24, 2.45) is 7.05 Å². The smallest absolute Gasteiger partial charge is 0.193 e. The van der Waals surface area contributed by atoms with Crippen LogP contribution in [-0.4, -0.2) is 53.3 Å². The monoisotopic (exact) mass is 550 g/mol. The van der Waals surface area contributed by atoms with Crippen LogP contribution in [0.15, 0.2) is 85.1 Å². The lowest BCUT2D eigenvalue weighted by Gasteiger charge is -2.32. The second kappa shape index (κ2) is 12.4. The number of rotatable bonds is 10. The summed E-state index contributed by atoms with van der Waals surface area (Å²) in [6.45, 7) is 1.49. The third-order valence-corrected chi connectivity index (χ3v) is 7.70. The molecular formula is C34H34N2O5. The van der Waals surface area contributed by atoms with Crippen LogP contribution in [0, 0.1) is 0 Å². The van der Waals surface area contributed by atoms with Gasteiger partial charge in [-0.05, 0) is 54.3 Å². The second-order valence-corrected chi connectivity index (χ2v) is 10.5. The number of nitrogens with zero attached hydrogens (tertiary/aromatic N) is 2. The van der Waals surface area contributed by atoms with Crippen molar-refractivity contribution < 1.29 is 24.2 Å². The predicted octanol–water partition coefficient (Wildman–Crippen LogP) is 5.08. The summed E-state index contributed by atoms with van der Waals surface area (Å²) in [4.78, 5) is 40.8. The number of methoxy groups -OCH3 is 1. The van der Waals surface area contributed by atoms with Gasteiger partial charge in [-0.2, -0.15) is 0 Å². The second-order valence-electron chi connectivity index (χ2n) is 10.5. The summed E-state index contributed by atoms with van der Waals surface area (Å²) in [6.07, 6.45) is 3.48. The van der Waals surface area contributed by atoms with Crippen molar-refractivity contribution in [1.82, 2.24) is 4.57 Å². The van der Waals surface area contributed by atoms with E-state index in [4.69, 9.17) is 4.74 Å². The maximum absolute atomic E-state index is 13.1. The number of carbonyl (C=O) groups is 3. The van der Waals surface area contributed by atoms with Crippen molar-refractivity contribution in [2.75, 3.05) is 25.1 Å². The fraction of sp³-hybridized carbons (Fsp3) is 0.265. The van der Waals surface area contributed by atoms with Crippen LogP contribution in [0.25, 0.3) is 0 Å². The van der Waals surface area contributed by atoms with Crippen molar-refractivity contribution in [1.29, 1.82) is 0 Å². The van der Waals surface area contributed by atoms with Gasteiger partial charge >= 0.3 is 0 Å². The van der Waals surface area contributed by atoms with E-state index in [-0.39, 0.29) is 36.3 Å². The lowest BCUT2D eigenvalue weighted by molar-refractivity contribution is 0.0980. The van der Waals surface area contributed by atoms with Gasteiger partial charge in [0.25, 0.3) is 0 Å². The number of carbonyl (C=O) groups excluding carboxylic acids is 3. The Morgan fingerprint density at radius 1 is 0.805 bits per heavy atom. The SMILES string of the molecule is COc1cc(C(=O)Cc2ccc(C(=O)c3ccc(CC(=O)c4cccn4C)cc3)cc2)ccc1N1CCC(O)CC1. The molecule has 1 aliphatic heterocycles. The molecule has 7 heteroatoms. The van der Waals surface area contributed by atoms with Gasteiger partial charge in [0.05, 0.1) is 24.6 Å². The quantitative estimate of drug-likeness (QED) is 0.277.